The number of fused-ring (bicyclic) bond motifs is 1. The summed E-state index contributed by atoms with van der Waals surface area (Å²) in [5.74, 6) is -0.762. The van der Waals surface area contributed by atoms with E-state index in [1.165, 1.54) is 21.8 Å². The van der Waals surface area contributed by atoms with Crippen LogP contribution in [0.4, 0.5) is 5.13 Å². The van der Waals surface area contributed by atoms with Gasteiger partial charge in [-0.25, -0.2) is 4.98 Å². The number of nitrogens with zero attached hydrogens (tertiary/aromatic N) is 2. The van der Waals surface area contributed by atoms with E-state index >= 15 is 0 Å². The van der Waals surface area contributed by atoms with Crippen LogP contribution in [0.15, 0.2) is 29.6 Å². The number of thiazole rings is 1. The van der Waals surface area contributed by atoms with Crippen LogP contribution in [-0.4, -0.2) is 34.2 Å². The normalized spacial score (nSPS) is 21.3. The molecular weight excluding hydrogens is 386 g/mol. The Kier molecular flexibility index (Phi) is 5.76. The third-order valence-corrected chi connectivity index (χ3v) is 6.66. The van der Waals surface area contributed by atoms with E-state index in [0.29, 0.717) is 5.13 Å². The molecule has 0 spiro atoms. The number of likely N-dealkylation sites (tertiary alicyclic amines) is 1. The second-order valence-corrected chi connectivity index (χ2v) is 8.57. The summed E-state index contributed by atoms with van der Waals surface area (Å²) in [5, 5.41) is 5.23. The molecule has 2 aromatic rings. The van der Waals surface area contributed by atoms with Crippen LogP contribution in [0.2, 0.25) is 0 Å². The van der Waals surface area contributed by atoms with Crippen LogP contribution in [-0.2, 0) is 20.8 Å². The van der Waals surface area contributed by atoms with Crippen LogP contribution in [0, 0.1) is 11.8 Å². The summed E-state index contributed by atoms with van der Waals surface area (Å²) in [6, 6.07) is 8.22. The van der Waals surface area contributed by atoms with E-state index in [1.54, 1.807) is 0 Å². The number of amides is 3. The van der Waals surface area contributed by atoms with Crippen LogP contribution < -0.4 is 5.32 Å². The van der Waals surface area contributed by atoms with Crippen molar-refractivity contribution in [3.05, 3.63) is 35.2 Å². The van der Waals surface area contributed by atoms with Gasteiger partial charge in [0.15, 0.2) is 5.13 Å². The predicted octanol–water partition coefficient (Wildman–Crippen LogP) is 3.88. The zero-order valence-corrected chi connectivity index (χ0v) is 17.3. The summed E-state index contributed by atoms with van der Waals surface area (Å²) in [7, 11) is 0. The summed E-state index contributed by atoms with van der Waals surface area (Å²) >= 11 is 1.37. The van der Waals surface area contributed by atoms with Crippen molar-refractivity contribution in [1.29, 1.82) is 0 Å². The first-order valence-corrected chi connectivity index (χ1v) is 11.1. The van der Waals surface area contributed by atoms with Crippen molar-refractivity contribution >= 4 is 34.2 Å². The van der Waals surface area contributed by atoms with Gasteiger partial charge in [0.25, 0.3) is 0 Å². The third kappa shape index (κ3) is 4.10. The molecule has 7 heteroatoms. The van der Waals surface area contributed by atoms with Gasteiger partial charge in [-0.05, 0) is 24.8 Å². The highest BCUT2D eigenvalue weighted by Crippen LogP contribution is 2.38. The Labute approximate surface area is 174 Å². The largest absolute Gasteiger partial charge is 0.302 e. The quantitative estimate of drug-likeness (QED) is 0.732. The lowest BCUT2D eigenvalue weighted by Crippen LogP contribution is -2.34. The van der Waals surface area contributed by atoms with Gasteiger partial charge < -0.3 is 5.32 Å². The summed E-state index contributed by atoms with van der Waals surface area (Å²) in [4.78, 5) is 43.1. The minimum Gasteiger partial charge on any atom is -0.302 e. The lowest BCUT2D eigenvalue weighted by molar-refractivity contribution is -0.140. The number of hydrogen-bond acceptors (Lipinski definition) is 5. The van der Waals surface area contributed by atoms with Gasteiger partial charge in [-0.15, -0.1) is 11.3 Å². The molecule has 1 N–H and O–H groups in total. The fourth-order valence-corrected chi connectivity index (χ4v) is 4.96. The highest BCUT2D eigenvalue weighted by atomic mass is 32.1. The molecule has 1 aliphatic carbocycles. The Morgan fingerprint density at radius 3 is 2.41 bits per heavy atom. The van der Waals surface area contributed by atoms with Crippen molar-refractivity contribution in [1.82, 2.24) is 9.88 Å². The smallest absolute Gasteiger partial charge is 0.233 e. The van der Waals surface area contributed by atoms with E-state index in [4.69, 9.17) is 0 Å². The molecule has 2 heterocycles. The fraction of sp³-hybridized carbons (Fsp3) is 0.455. The number of aromatic nitrogens is 1. The van der Waals surface area contributed by atoms with E-state index in [9.17, 15) is 14.4 Å². The predicted molar refractivity (Wildman–Crippen MR) is 112 cm³/mol. The number of anilines is 1. The summed E-state index contributed by atoms with van der Waals surface area (Å²) < 4.78 is 0. The standard InChI is InChI=1S/C22H25N3O3S/c1-2-14-7-9-15(10-8-14)18-13-29-22(23-18)24-19(26)11-12-25-20(27)16-5-3-4-6-17(16)21(25)28/h7-10,13,16-17H,2-6,11-12H2,1H3,(H,23,24,26)/t16-,17-/m1/s1. The monoisotopic (exact) mass is 411 g/mol. The Morgan fingerprint density at radius 1 is 1.14 bits per heavy atom. The molecule has 1 saturated carbocycles. The van der Waals surface area contributed by atoms with Crippen LogP contribution in [0.25, 0.3) is 11.3 Å². The molecule has 2 atom stereocenters. The summed E-state index contributed by atoms with van der Waals surface area (Å²) in [6.07, 6.45) is 4.67. The average Bonchev–Trinajstić information content (AvgIpc) is 3.30. The number of imide groups is 1. The van der Waals surface area contributed by atoms with E-state index < -0.39 is 0 Å². The minimum absolute atomic E-state index is 0.0943. The molecule has 3 amide bonds. The number of rotatable bonds is 6. The number of carbonyl (C=O) groups excluding carboxylic acids is 3. The molecule has 1 saturated heterocycles. The Hall–Kier alpha value is -2.54. The van der Waals surface area contributed by atoms with Gasteiger partial charge in [-0.3, -0.25) is 19.3 Å². The van der Waals surface area contributed by atoms with Gasteiger partial charge in [0, 0.05) is 23.9 Å². The SMILES string of the molecule is CCc1ccc(-c2csc(NC(=O)CCN3C(=O)[C@@H]4CCCC[C@H]4C3=O)n2)cc1. The molecular formula is C22H25N3O3S. The lowest BCUT2D eigenvalue weighted by Gasteiger charge is -2.19. The fourth-order valence-electron chi connectivity index (χ4n) is 4.22. The molecule has 1 aliphatic heterocycles. The first-order chi connectivity index (χ1) is 14.1. The zero-order valence-electron chi connectivity index (χ0n) is 16.5. The first kappa shape index (κ1) is 19.8. The number of benzene rings is 1. The average molecular weight is 412 g/mol. The Balaban J connectivity index is 1.33. The molecule has 0 radical (unpaired) electrons. The van der Waals surface area contributed by atoms with Gasteiger partial charge in [0.1, 0.15) is 0 Å². The maximum absolute atomic E-state index is 12.5. The Morgan fingerprint density at radius 2 is 1.79 bits per heavy atom. The van der Waals surface area contributed by atoms with Gasteiger partial charge in [0.05, 0.1) is 17.5 Å². The van der Waals surface area contributed by atoms with E-state index in [-0.39, 0.29) is 42.5 Å². The second-order valence-electron chi connectivity index (χ2n) is 7.71. The lowest BCUT2D eigenvalue weighted by atomic mass is 9.81. The van der Waals surface area contributed by atoms with Crippen LogP contribution in [0.3, 0.4) is 0 Å². The highest BCUT2D eigenvalue weighted by Gasteiger charge is 2.47. The van der Waals surface area contributed by atoms with Crippen molar-refractivity contribution in [3.8, 4) is 11.3 Å². The third-order valence-electron chi connectivity index (χ3n) is 5.90. The van der Waals surface area contributed by atoms with E-state index in [0.717, 1.165) is 43.4 Å². The van der Waals surface area contributed by atoms with E-state index in [2.05, 4.69) is 29.4 Å². The molecule has 1 aromatic carbocycles. The first-order valence-electron chi connectivity index (χ1n) is 10.3. The van der Waals surface area contributed by atoms with Gasteiger partial charge in [-0.1, -0.05) is 44.0 Å². The Bertz CT molecular complexity index is 898. The molecule has 0 bridgehead atoms. The number of aryl methyl sites for hydroxylation is 1. The van der Waals surface area contributed by atoms with Crippen LogP contribution >= 0.6 is 11.3 Å². The second kappa shape index (κ2) is 8.45. The molecule has 29 heavy (non-hydrogen) atoms. The number of nitrogens with one attached hydrogen (secondary N) is 1. The molecule has 152 valence electrons. The zero-order chi connectivity index (χ0) is 20.4. The van der Waals surface area contributed by atoms with Crippen molar-refractivity contribution in [2.45, 2.75) is 45.4 Å². The van der Waals surface area contributed by atoms with Crippen molar-refractivity contribution in [2.75, 3.05) is 11.9 Å². The topological polar surface area (TPSA) is 79.4 Å². The van der Waals surface area contributed by atoms with Crippen molar-refractivity contribution in [3.63, 3.8) is 0 Å². The summed E-state index contributed by atoms with van der Waals surface area (Å²) in [5.41, 5.74) is 3.10. The molecule has 2 fully saturated rings. The molecule has 6 nitrogen and oxygen atoms in total. The molecule has 2 aliphatic rings. The van der Waals surface area contributed by atoms with Gasteiger partial charge in [-0.2, -0.15) is 0 Å². The van der Waals surface area contributed by atoms with Crippen LogP contribution in [0.5, 0.6) is 0 Å². The van der Waals surface area contributed by atoms with Crippen molar-refractivity contribution in [2.24, 2.45) is 11.8 Å². The maximum Gasteiger partial charge on any atom is 0.233 e. The van der Waals surface area contributed by atoms with Gasteiger partial charge in [0.2, 0.25) is 17.7 Å². The van der Waals surface area contributed by atoms with Crippen LogP contribution in [0.1, 0.15) is 44.6 Å². The van der Waals surface area contributed by atoms with Crippen molar-refractivity contribution < 1.29 is 14.4 Å². The summed E-state index contributed by atoms with van der Waals surface area (Å²) in [6.45, 7) is 2.26. The maximum atomic E-state index is 12.5. The molecule has 0 unspecified atom stereocenters. The highest BCUT2D eigenvalue weighted by molar-refractivity contribution is 7.14. The van der Waals surface area contributed by atoms with Gasteiger partial charge >= 0.3 is 0 Å². The molecule has 1 aromatic heterocycles. The number of carbonyl (C=O) groups is 3. The number of hydrogen-bond donors (Lipinski definition) is 1. The van der Waals surface area contributed by atoms with E-state index in [1.807, 2.05) is 17.5 Å². The molecule has 4 rings (SSSR count). The minimum atomic E-state index is -0.234.